The number of nitrogens with one attached hydrogen (secondary N) is 1. The number of H-pyrrole nitrogens is 1. The molecule has 1 aliphatic rings. The van der Waals surface area contributed by atoms with Gasteiger partial charge in [-0.05, 0) is 31.0 Å². The molecular weight excluding hydrogens is 321 g/mol. The van der Waals surface area contributed by atoms with Crippen molar-refractivity contribution in [1.29, 1.82) is 0 Å². The van der Waals surface area contributed by atoms with Crippen LogP contribution in [0.4, 0.5) is 4.39 Å². The normalized spacial score (nSPS) is 19.8. The van der Waals surface area contributed by atoms with Gasteiger partial charge in [-0.15, -0.1) is 0 Å². The Morgan fingerprint density at radius 2 is 2.04 bits per heavy atom. The Labute approximate surface area is 133 Å². The molecule has 1 unspecified atom stereocenters. The maximum absolute atomic E-state index is 13.4. The predicted molar refractivity (Wildman–Crippen MR) is 82.9 cm³/mol. The van der Waals surface area contributed by atoms with Crippen molar-refractivity contribution < 1.29 is 12.8 Å². The van der Waals surface area contributed by atoms with E-state index in [1.165, 1.54) is 33.3 Å². The van der Waals surface area contributed by atoms with Gasteiger partial charge in [-0.3, -0.25) is 14.6 Å². The van der Waals surface area contributed by atoms with Crippen molar-refractivity contribution in [3.8, 4) is 0 Å². The van der Waals surface area contributed by atoms with Crippen molar-refractivity contribution in [1.82, 2.24) is 14.1 Å². The number of halogens is 1. The van der Waals surface area contributed by atoms with E-state index in [1.807, 2.05) is 0 Å². The molecule has 0 amide bonds. The first-order chi connectivity index (χ1) is 10.9. The van der Waals surface area contributed by atoms with Crippen LogP contribution in [0, 0.1) is 5.82 Å². The van der Waals surface area contributed by atoms with Crippen LogP contribution in [0.3, 0.4) is 0 Å². The van der Waals surface area contributed by atoms with Crippen molar-refractivity contribution in [3.05, 3.63) is 52.2 Å². The summed E-state index contributed by atoms with van der Waals surface area (Å²) in [5.74, 6) is -0.590. The molecule has 1 aromatic heterocycles. The number of aromatic amines is 1. The molecule has 1 aromatic carbocycles. The van der Waals surface area contributed by atoms with E-state index in [1.54, 1.807) is 7.05 Å². The van der Waals surface area contributed by atoms with Gasteiger partial charge >= 0.3 is 0 Å². The third-order valence-electron chi connectivity index (χ3n) is 4.12. The molecule has 0 aliphatic carbocycles. The Hall–Kier alpha value is -1.93. The number of hydrogen-bond donors (Lipinski definition) is 1. The van der Waals surface area contributed by atoms with E-state index in [4.69, 9.17) is 0 Å². The Balaban J connectivity index is 2.02. The van der Waals surface area contributed by atoms with Crippen LogP contribution in [0.1, 0.15) is 31.0 Å². The Morgan fingerprint density at radius 1 is 1.26 bits per heavy atom. The number of aryl methyl sites for hydroxylation is 1. The molecule has 6 nitrogen and oxygen atoms in total. The molecule has 1 fully saturated rings. The minimum absolute atomic E-state index is 0.0670. The van der Waals surface area contributed by atoms with Gasteiger partial charge in [0.15, 0.2) is 0 Å². The third-order valence-corrected chi connectivity index (χ3v) is 6.03. The first-order valence-electron chi connectivity index (χ1n) is 7.43. The first-order valence-corrected chi connectivity index (χ1v) is 8.87. The summed E-state index contributed by atoms with van der Waals surface area (Å²) in [6.45, 7) is 0.348. The average molecular weight is 339 g/mol. The summed E-state index contributed by atoms with van der Waals surface area (Å²) in [5.41, 5.74) is 0.353. The highest BCUT2D eigenvalue weighted by Crippen LogP contribution is 2.34. The lowest BCUT2D eigenvalue weighted by Gasteiger charge is -2.34. The van der Waals surface area contributed by atoms with Gasteiger partial charge in [-0.2, -0.15) is 4.31 Å². The van der Waals surface area contributed by atoms with Crippen LogP contribution in [0.5, 0.6) is 0 Å². The standard InChI is InChI=1S/C15H18FN3O3S/c1-18-15(20)10-13(17-18)14-7-2-3-8-19(14)23(21,22)12-6-4-5-11(16)9-12/h4-6,9-10,14,17H,2-3,7-8H2,1H3. The lowest BCUT2D eigenvalue weighted by atomic mass is 10.0. The molecule has 1 atom stereocenters. The Kier molecular flexibility index (Phi) is 4.11. The first kappa shape index (κ1) is 15.9. The highest BCUT2D eigenvalue weighted by atomic mass is 32.2. The summed E-state index contributed by atoms with van der Waals surface area (Å²) in [6.07, 6.45) is 2.23. The molecule has 2 heterocycles. The van der Waals surface area contributed by atoms with Crippen LogP contribution < -0.4 is 5.56 Å². The molecular formula is C15H18FN3O3S. The zero-order valence-electron chi connectivity index (χ0n) is 12.7. The topological polar surface area (TPSA) is 75.2 Å². The Bertz CT molecular complexity index is 872. The fourth-order valence-electron chi connectivity index (χ4n) is 2.95. The fraction of sp³-hybridized carbons (Fsp3) is 0.400. The highest BCUT2D eigenvalue weighted by molar-refractivity contribution is 7.89. The molecule has 1 N–H and O–H groups in total. The zero-order valence-corrected chi connectivity index (χ0v) is 13.5. The van der Waals surface area contributed by atoms with Gasteiger partial charge in [-0.25, -0.2) is 12.8 Å². The summed E-state index contributed by atoms with van der Waals surface area (Å²) in [7, 11) is -2.24. The number of nitrogens with zero attached hydrogens (tertiary/aromatic N) is 2. The number of benzene rings is 1. The number of piperidine rings is 1. The highest BCUT2D eigenvalue weighted by Gasteiger charge is 2.35. The van der Waals surface area contributed by atoms with Gasteiger partial charge in [0.25, 0.3) is 5.56 Å². The molecule has 0 radical (unpaired) electrons. The molecule has 2 aromatic rings. The number of hydrogen-bond acceptors (Lipinski definition) is 3. The van der Waals surface area contributed by atoms with E-state index < -0.39 is 21.9 Å². The van der Waals surface area contributed by atoms with Gasteiger partial charge in [0.2, 0.25) is 10.0 Å². The number of sulfonamides is 1. The van der Waals surface area contributed by atoms with Gasteiger partial charge < -0.3 is 0 Å². The Morgan fingerprint density at radius 3 is 2.70 bits per heavy atom. The minimum atomic E-state index is -3.82. The van der Waals surface area contributed by atoms with E-state index in [0.29, 0.717) is 18.7 Å². The molecule has 1 saturated heterocycles. The third kappa shape index (κ3) is 2.96. The van der Waals surface area contributed by atoms with Crippen LogP contribution in [0.2, 0.25) is 0 Å². The molecule has 8 heteroatoms. The fourth-order valence-corrected chi connectivity index (χ4v) is 4.65. The predicted octanol–water partition coefficient (Wildman–Crippen LogP) is 1.77. The van der Waals surface area contributed by atoms with E-state index in [0.717, 1.165) is 18.9 Å². The van der Waals surface area contributed by atoms with Crippen molar-refractivity contribution >= 4 is 10.0 Å². The summed E-state index contributed by atoms with van der Waals surface area (Å²) in [5, 5.41) is 2.90. The second-order valence-corrected chi connectivity index (χ2v) is 7.58. The quantitative estimate of drug-likeness (QED) is 0.926. The summed E-state index contributed by atoms with van der Waals surface area (Å²) < 4.78 is 41.8. The van der Waals surface area contributed by atoms with Crippen LogP contribution in [-0.4, -0.2) is 29.0 Å². The van der Waals surface area contributed by atoms with Crippen LogP contribution in [0.15, 0.2) is 40.0 Å². The monoisotopic (exact) mass is 339 g/mol. The van der Waals surface area contributed by atoms with Crippen molar-refractivity contribution in [2.24, 2.45) is 7.05 Å². The SMILES string of the molecule is Cn1[nH]c(C2CCCCN2S(=O)(=O)c2cccc(F)c2)cc1=O. The van der Waals surface area contributed by atoms with Crippen molar-refractivity contribution in [3.63, 3.8) is 0 Å². The molecule has 0 spiro atoms. The zero-order chi connectivity index (χ0) is 16.6. The second-order valence-electron chi connectivity index (χ2n) is 5.69. The van der Waals surface area contributed by atoms with Crippen LogP contribution >= 0.6 is 0 Å². The maximum Gasteiger partial charge on any atom is 0.266 e. The lowest BCUT2D eigenvalue weighted by molar-refractivity contribution is 0.250. The molecule has 124 valence electrons. The summed E-state index contributed by atoms with van der Waals surface area (Å²) >= 11 is 0. The van der Waals surface area contributed by atoms with Gasteiger partial charge in [0, 0.05) is 19.7 Å². The molecule has 3 rings (SSSR count). The minimum Gasteiger partial charge on any atom is -0.298 e. The molecule has 23 heavy (non-hydrogen) atoms. The van der Waals surface area contributed by atoms with Gasteiger partial charge in [-0.1, -0.05) is 12.5 Å². The molecule has 1 aliphatic heterocycles. The maximum atomic E-state index is 13.4. The van der Waals surface area contributed by atoms with Gasteiger partial charge in [0.1, 0.15) is 5.82 Å². The van der Waals surface area contributed by atoms with Crippen LogP contribution in [-0.2, 0) is 17.1 Å². The average Bonchev–Trinajstić information content (AvgIpc) is 2.87. The van der Waals surface area contributed by atoms with Crippen LogP contribution in [0.25, 0.3) is 0 Å². The lowest BCUT2D eigenvalue weighted by Crippen LogP contribution is -2.38. The summed E-state index contributed by atoms with van der Waals surface area (Å²) in [4.78, 5) is 11.6. The van der Waals surface area contributed by atoms with Gasteiger partial charge in [0.05, 0.1) is 16.6 Å². The van der Waals surface area contributed by atoms with Crippen molar-refractivity contribution in [2.45, 2.75) is 30.2 Å². The molecule has 0 bridgehead atoms. The summed E-state index contributed by atoms with van der Waals surface area (Å²) in [6, 6.07) is 5.98. The second kappa shape index (κ2) is 5.93. The van der Waals surface area contributed by atoms with E-state index >= 15 is 0 Å². The smallest absolute Gasteiger partial charge is 0.266 e. The number of aromatic nitrogens is 2. The van der Waals surface area contributed by atoms with E-state index in [2.05, 4.69) is 5.10 Å². The van der Waals surface area contributed by atoms with E-state index in [9.17, 15) is 17.6 Å². The van der Waals surface area contributed by atoms with E-state index in [-0.39, 0.29) is 10.5 Å². The number of rotatable bonds is 3. The molecule has 0 saturated carbocycles. The largest absolute Gasteiger partial charge is 0.298 e. The van der Waals surface area contributed by atoms with Crippen molar-refractivity contribution in [2.75, 3.05) is 6.54 Å².